The monoisotopic (exact) mass is 345 g/mol. The van der Waals surface area contributed by atoms with Crippen LogP contribution in [0.15, 0.2) is 42.5 Å². The van der Waals surface area contributed by atoms with E-state index in [0.717, 1.165) is 12.8 Å². The Balaban J connectivity index is 0.000000269. The van der Waals surface area contributed by atoms with Crippen molar-refractivity contribution in [2.75, 3.05) is 0 Å². The summed E-state index contributed by atoms with van der Waals surface area (Å²) < 4.78 is 12.8. The van der Waals surface area contributed by atoms with Gasteiger partial charge in [0.2, 0.25) is 5.91 Å². The Bertz CT molecular complexity index is 749. The molecular formula is C18H20FN3O3. The number of nitrogens with zero attached hydrogens (tertiary/aromatic N) is 1. The third kappa shape index (κ3) is 5.36. The van der Waals surface area contributed by atoms with Crippen molar-refractivity contribution in [3.8, 4) is 0 Å². The van der Waals surface area contributed by atoms with Crippen LogP contribution in [0.1, 0.15) is 47.6 Å². The summed E-state index contributed by atoms with van der Waals surface area (Å²) in [7, 11) is 0. The SMILES string of the molecule is CC1CCC(=O)N1.NC(=O)c1cccc(C(O)c2ccc(F)cc2)n1. The molecule has 1 aromatic carbocycles. The van der Waals surface area contributed by atoms with E-state index >= 15 is 0 Å². The van der Waals surface area contributed by atoms with Crippen molar-refractivity contribution in [2.45, 2.75) is 31.9 Å². The van der Waals surface area contributed by atoms with E-state index in [4.69, 9.17) is 5.73 Å². The number of aromatic nitrogens is 1. The number of rotatable bonds is 3. The quantitative estimate of drug-likeness (QED) is 0.787. The molecule has 6 nitrogen and oxygen atoms in total. The lowest BCUT2D eigenvalue weighted by Gasteiger charge is -2.11. The summed E-state index contributed by atoms with van der Waals surface area (Å²) in [6, 6.07) is 10.4. The zero-order chi connectivity index (χ0) is 18.4. The number of hydrogen-bond donors (Lipinski definition) is 3. The zero-order valence-corrected chi connectivity index (χ0v) is 13.8. The maximum atomic E-state index is 12.8. The number of benzene rings is 1. The number of primary amides is 1. The maximum absolute atomic E-state index is 12.8. The summed E-state index contributed by atoms with van der Waals surface area (Å²) in [5.74, 6) is -0.847. The number of amides is 2. The first-order chi connectivity index (χ1) is 11.9. The van der Waals surface area contributed by atoms with Gasteiger partial charge in [-0.2, -0.15) is 0 Å². The summed E-state index contributed by atoms with van der Waals surface area (Å²) in [5.41, 5.74) is 5.97. The highest BCUT2D eigenvalue weighted by atomic mass is 19.1. The summed E-state index contributed by atoms with van der Waals surface area (Å²) in [5, 5.41) is 12.8. The first-order valence-corrected chi connectivity index (χ1v) is 7.86. The number of nitrogens with two attached hydrogens (primary N) is 1. The molecule has 0 spiro atoms. The van der Waals surface area contributed by atoms with Gasteiger partial charge in [0.05, 0.1) is 5.69 Å². The van der Waals surface area contributed by atoms with Crippen LogP contribution in [0.5, 0.6) is 0 Å². The molecule has 7 heteroatoms. The highest BCUT2D eigenvalue weighted by Gasteiger charge is 2.15. The molecule has 1 aliphatic heterocycles. The van der Waals surface area contributed by atoms with Crippen LogP contribution in [-0.2, 0) is 4.79 Å². The van der Waals surface area contributed by atoms with Crippen LogP contribution >= 0.6 is 0 Å². The van der Waals surface area contributed by atoms with Crippen LogP contribution in [-0.4, -0.2) is 27.9 Å². The van der Waals surface area contributed by atoms with Gasteiger partial charge in [-0.3, -0.25) is 9.59 Å². The van der Waals surface area contributed by atoms with Crippen molar-refractivity contribution in [3.05, 3.63) is 65.2 Å². The number of aliphatic hydroxyl groups excluding tert-OH is 1. The largest absolute Gasteiger partial charge is 0.382 e. The highest BCUT2D eigenvalue weighted by molar-refractivity contribution is 5.90. The average molecular weight is 345 g/mol. The smallest absolute Gasteiger partial charge is 0.267 e. The van der Waals surface area contributed by atoms with Gasteiger partial charge < -0.3 is 16.2 Å². The Morgan fingerprint density at radius 3 is 2.48 bits per heavy atom. The molecule has 2 amide bonds. The number of aliphatic hydroxyl groups is 1. The summed E-state index contributed by atoms with van der Waals surface area (Å²) in [6.07, 6.45) is 0.713. The van der Waals surface area contributed by atoms with Gasteiger partial charge in [-0.1, -0.05) is 18.2 Å². The predicted molar refractivity (Wildman–Crippen MR) is 90.1 cm³/mol. The van der Waals surface area contributed by atoms with E-state index in [9.17, 15) is 19.1 Å². The highest BCUT2D eigenvalue weighted by Crippen LogP contribution is 2.20. The number of nitrogens with one attached hydrogen (secondary N) is 1. The molecule has 132 valence electrons. The molecule has 25 heavy (non-hydrogen) atoms. The molecule has 1 saturated heterocycles. The Labute approximate surface area is 144 Å². The molecule has 4 N–H and O–H groups in total. The first kappa shape index (κ1) is 18.5. The van der Waals surface area contributed by atoms with Crippen LogP contribution in [0.3, 0.4) is 0 Å². The number of pyridine rings is 1. The lowest BCUT2D eigenvalue weighted by molar-refractivity contribution is -0.119. The third-order valence-electron chi connectivity index (χ3n) is 3.70. The number of hydrogen-bond acceptors (Lipinski definition) is 4. The van der Waals surface area contributed by atoms with E-state index in [2.05, 4.69) is 10.3 Å². The van der Waals surface area contributed by atoms with Crippen LogP contribution in [0.2, 0.25) is 0 Å². The lowest BCUT2D eigenvalue weighted by Crippen LogP contribution is -2.21. The van der Waals surface area contributed by atoms with Crippen molar-refractivity contribution in [2.24, 2.45) is 5.73 Å². The average Bonchev–Trinajstić information content (AvgIpc) is 2.98. The molecule has 2 atom stereocenters. The van der Waals surface area contributed by atoms with E-state index in [1.165, 1.54) is 30.3 Å². The van der Waals surface area contributed by atoms with Crippen LogP contribution in [0.25, 0.3) is 0 Å². The van der Waals surface area contributed by atoms with Gasteiger partial charge in [0, 0.05) is 12.5 Å². The topological polar surface area (TPSA) is 105 Å². The fourth-order valence-corrected chi connectivity index (χ4v) is 2.32. The molecule has 2 unspecified atom stereocenters. The molecule has 1 aliphatic rings. The minimum Gasteiger partial charge on any atom is -0.382 e. The van der Waals surface area contributed by atoms with Crippen LogP contribution in [0.4, 0.5) is 4.39 Å². The Morgan fingerprint density at radius 2 is 2.00 bits per heavy atom. The van der Waals surface area contributed by atoms with Crippen molar-refractivity contribution < 1.29 is 19.1 Å². The van der Waals surface area contributed by atoms with Crippen molar-refractivity contribution in [1.29, 1.82) is 0 Å². The lowest BCUT2D eigenvalue weighted by atomic mass is 10.1. The first-order valence-electron chi connectivity index (χ1n) is 7.86. The van der Waals surface area contributed by atoms with Gasteiger partial charge in [-0.25, -0.2) is 9.37 Å². The number of halogens is 1. The van der Waals surface area contributed by atoms with Gasteiger partial charge in [-0.15, -0.1) is 0 Å². The molecule has 1 fully saturated rings. The maximum Gasteiger partial charge on any atom is 0.267 e. The van der Waals surface area contributed by atoms with E-state index in [1.807, 2.05) is 6.92 Å². The van der Waals surface area contributed by atoms with E-state index in [1.54, 1.807) is 12.1 Å². The standard InChI is InChI=1S/C13H11FN2O2.C5H9NO/c14-9-6-4-8(5-7-9)12(17)10-2-1-3-11(16-10)13(15)18;1-4-2-3-5(7)6-4/h1-7,12,17H,(H2,15,18);4H,2-3H2,1H3,(H,6,7). The molecule has 0 saturated carbocycles. The third-order valence-corrected chi connectivity index (χ3v) is 3.70. The van der Waals surface area contributed by atoms with E-state index in [0.29, 0.717) is 11.6 Å². The van der Waals surface area contributed by atoms with Crippen molar-refractivity contribution in [1.82, 2.24) is 10.3 Å². The van der Waals surface area contributed by atoms with Gasteiger partial charge in [0.15, 0.2) is 0 Å². The Morgan fingerprint density at radius 1 is 1.32 bits per heavy atom. The minimum atomic E-state index is -1.02. The second kappa shape index (κ2) is 8.34. The van der Waals surface area contributed by atoms with Crippen LogP contribution < -0.4 is 11.1 Å². The molecule has 0 aliphatic carbocycles. The van der Waals surface area contributed by atoms with E-state index in [-0.39, 0.29) is 23.1 Å². The second-order valence-corrected chi connectivity index (χ2v) is 5.77. The Kier molecular flexibility index (Phi) is 6.19. The molecule has 2 aromatic rings. The minimum absolute atomic E-state index is 0.0775. The molecule has 1 aromatic heterocycles. The fraction of sp³-hybridized carbons (Fsp3) is 0.278. The number of carbonyl (C=O) groups excluding carboxylic acids is 2. The summed E-state index contributed by atoms with van der Waals surface area (Å²) in [6.45, 7) is 2.02. The predicted octanol–water partition coefficient (Wildman–Crippen LogP) is 1.69. The van der Waals surface area contributed by atoms with Gasteiger partial charge in [0.1, 0.15) is 17.6 Å². The molecule has 0 bridgehead atoms. The summed E-state index contributed by atoms with van der Waals surface area (Å²) >= 11 is 0. The normalized spacial score (nSPS) is 17.2. The second-order valence-electron chi connectivity index (χ2n) is 5.77. The number of carbonyl (C=O) groups is 2. The van der Waals surface area contributed by atoms with Gasteiger partial charge >= 0.3 is 0 Å². The molecule has 3 rings (SSSR count). The molecule has 2 heterocycles. The molecular weight excluding hydrogens is 325 g/mol. The summed E-state index contributed by atoms with van der Waals surface area (Å²) in [4.78, 5) is 25.3. The van der Waals surface area contributed by atoms with Crippen molar-refractivity contribution >= 4 is 11.8 Å². The Hall–Kier alpha value is -2.80. The molecule has 0 radical (unpaired) electrons. The fourth-order valence-electron chi connectivity index (χ4n) is 2.32. The van der Waals surface area contributed by atoms with Crippen molar-refractivity contribution in [3.63, 3.8) is 0 Å². The van der Waals surface area contributed by atoms with Crippen LogP contribution in [0, 0.1) is 5.82 Å². The zero-order valence-electron chi connectivity index (χ0n) is 13.8. The van der Waals surface area contributed by atoms with E-state index < -0.39 is 12.0 Å². The van der Waals surface area contributed by atoms with Gasteiger partial charge in [0.25, 0.3) is 5.91 Å². The van der Waals surface area contributed by atoms with Gasteiger partial charge in [-0.05, 0) is 43.2 Å².